The third-order valence-electron chi connectivity index (χ3n) is 4.79. The first-order valence-electron chi connectivity index (χ1n) is 9.66. The van der Waals surface area contributed by atoms with Crippen LogP contribution < -0.4 is 16.8 Å². The minimum atomic E-state index is 0.693. The molecular weight excluding hydrogens is 352 g/mol. The first-order valence-corrected chi connectivity index (χ1v) is 9.66. The van der Waals surface area contributed by atoms with Crippen molar-refractivity contribution in [2.24, 2.45) is 11.5 Å². The zero-order valence-electron chi connectivity index (χ0n) is 17.1. The van der Waals surface area contributed by atoms with Crippen LogP contribution in [0.4, 0.5) is 5.69 Å². The van der Waals surface area contributed by atoms with Crippen LogP contribution in [0, 0.1) is 0 Å². The van der Waals surface area contributed by atoms with Gasteiger partial charge in [0.05, 0.1) is 17.2 Å². The van der Waals surface area contributed by atoms with Crippen molar-refractivity contribution in [2.45, 2.75) is 26.8 Å². The number of piperazine rings is 1. The Bertz CT molecular complexity index is 756. The van der Waals surface area contributed by atoms with Gasteiger partial charge < -0.3 is 21.7 Å². The number of pyridine rings is 1. The van der Waals surface area contributed by atoms with Gasteiger partial charge in [-0.2, -0.15) is 0 Å². The van der Waals surface area contributed by atoms with Gasteiger partial charge in [0.1, 0.15) is 6.29 Å². The van der Waals surface area contributed by atoms with E-state index in [1.54, 1.807) is 0 Å². The minimum absolute atomic E-state index is 0.693. The van der Waals surface area contributed by atoms with Crippen LogP contribution in [-0.2, 0) is 11.3 Å². The van der Waals surface area contributed by atoms with Gasteiger partial charge in [0.15, 0.2) is 0 Å². The molecule has 1 saturated heterocycles. The molecule has 0 atom stereocenters. The number of hydrogen-bond donors (Lipinski definition) is 3. The fraction of sp³-hybridized carbons (Fsp3) is 0.429. The Balaban J connectivity index is 2.00. The topological polar surface area (TPSA) is 101 Å². The van der Waals surface area contributed by atoms with E-state index in [-0.39, 0.29) is 0 Å². The van der Waals surface area contributed by atoms with Crippen LogP contribution in [0.2, 0.25) is 0 Å². The van der Waals surface area contributed by atoms with E-state index in [4.69, 9.17) is 11.5 Å². The van der Waals surface area contributed by atoms with Crippen LogP contribution in [0.1, 0.15) is 31.5 Å². The SMILES string of the molecule is CC/C(C=O)=C/c1ncc(CN2CCN(/C(N)=C/C=C(/C)N)CC2)cc1NC. The molecule has 0 radical (unpaired) electrons. The molecule has 2 heterocycles. The third-order valence-corrected chi connectivity index (χ3v) is 4.79. The van der Waals surface area contributed by atoms with Crippen LogP contribution >= 0.6 is 0 Å². The second-order valence-corrected chi connectivity index (χ2v) is 6.98. The van der Waals surface area contributed by atoms with Crippen molar-refractivity contribution in [3.63, 3.8) is 0 Å². The van der Waals surface area contributed by atoms with Crippen molar-refractivity contribution in [3.05, 3.63) is 52.8 Å². The highest BCUT2D eigenvalue weighted by atomic mass is 16.1. The molecule has 7 nitrogen and oxygen atoms in total. The Kier molecular flexibility index (Phi) is 8.07. The summed E-state index contributed by atoms with van der Waals surface area (Å²) >= 11 is 0. The number of hydrogen-bond acceptors (Lipinski definition) is 7. The van der Waals surface area contributed by atoms with Gasteiger partial charge in [0.25, 0.3) is 0 Å². The molecule has 152 valence electrons. The van der Waals surface area contributed by atoms with Crippen molar-refractivity contribution < 1.29 is 4.79 Å². The molecule has 1 fully saturated rings. The largest absolute Gasteiger partial charge is 0.402 e. The Morgan fingerprint density at radius 3 is 2.54 bits per heavy atom. The number of anilines is 1. The number of rotatable bonds is 8. The lowest BCUT2D eigenvalue weighted by atomic mass is 10.1. The maximum atomic E-state index is 11.1. The maximum Gasteiger partial charge on any atom is 0.146 e. The van der Waals surface area contributed by atoms with Crippen LogP contribution in [-0.4, -0.2) is 54.3 Å². The molecule has 0 bridgehead atoms. The Hall–Kier alpha value is -2.80. The lowest BCUT2D eigenvalue weighted by Crippen LogP contribution is -2.46. The van der Waals surface area contributed by atoms with Crippen molar-refractivity contribution in [1.82, 2.24) is 14.8 Å². The molecule has 0 saturated carbocycles. The lowest BCUT2D eigenvalue weighted by molar-refractivity contribution is -0.104. The maximum absolute atomic E-state index is 11.1. The van der Waals surface area contributed by atoms with Gasteiger partial charge in [-0.3, -0.25) is 14.7 Å². The normalized spacial score (nSPS) is 17.0. The van der Waals surface area contributed by atoms with Gasteiger partial charge in [-0.25, -0.2) is 0 Å². The van der Waals surface area contributed by atoms with Crippen LogP contribution in [0.5, 0.6) is 0 Å². The molecule has 1 aromatic rings. The van der Waals surface area contributed by atoms with Gasteiger partial charge in [0, 0.05) is 51.7 Å². The van der Waals surface area contributed by atoms with Crippen LogP contribution in [0.25, 0.3) is 6.08 Å². The van der Waals surface area contributed by atoms with Crippen molar-refractivity contribution in [1.29, 1.82) is 0 Å². The molecule has 1 aliphatic rings. The van der Waals surface area contributed by atoms with Gasteiger partial charge in [0.2, 0.25) is 0 Å². The molecule has 0 amide bonds. The van der Waals surface area contributed by atoms with E-state index in [0.29, 0.717) is 6.42 Å². The highest BCUT2D eigenvalue weighted by molar-refractivity contribution is 5.83. The highest BCUT2D eigenvalue weighted by Gasteiger charge is 2.18. The van der Waals surface area contributed by atoms with E-state index < -0.39 is 0 Å². The number of nitrogens with two attached hydrogens (primary N) is 2. The molecule has 28 heavy (non-hydrogen) atoms. The van der Waals surface area contributed by atoms with E-state index in [9.17, 15) is 4.79 Å². The highest BCUT2D eigenvalue weighted by Crippen LogP contribution is 2.20. The molecular formula is C21H32N6O. The van der Waals surface area contributed by atoms with Crippen LogP contribution in [0.15, 0.2) is 41.5 Å². The first kappa shape index (κ1) is 21.5. The number of nitrogens with zero attached hydrogens (tertiary/aromatic N) is 3. The van der Waals surface area contributed by atoms with E-state index in [1.165, 1.54) is 0 Å². The van der Waals surface area contributed by atoms with E-state index in [0.717, 1.165) is 73.0 Å². The number of carbonyl (C=O) groups is 1. The molecule has 0 aliphatic carbocycles. The zero-order valence-corrected chi connectivity index (χ0v) is 17.1. The van der Waals surface area contributed by atoms with Crippen molar-refractivity contribution in [3.8, 4) is 0 Å². The molecule has 7 heteroatoms. The number of aldehydes is 1. The van der Waals surface area contributed by atoms with Gasteiger partial charge in [-0.1, -0.05) is 6.92 Å². The van der Waals surface area contributed by atoms with Crippen molar-refractivity contribution >= 4 is 18.0 Å². The number of nitrogens with one attached hydrogen (secondary N) is 1. The average Bonchev–Trinajstić information content (AvgIpc) is 2.71. The number of carbonyl (C=O) groups excluding carboxylic acids is 1. The Morgan fingerprint density at radius 1 is 1.25 bits per heavy atom. The van der Waals surface area contributed by atoms with Gasteiger partial charge in [-0.15, -0.1) is 0 Å². The molecule has 0 spiro atoms. The van der Waals surface area contributed by atoms with E-state index >= 15 is 0 Å². The lowest BCUT2D eigenvalue weighted by Gasteiger charge is -2.36. The summed E-state index contributed by atoms with van der Waals surface area (Å²) in [7, 11) is 1.87. The number of allylic oxidation sites excluding steroid dienone is 4. The fourth-order valence-corrected chi connectivity index (χ4v) is 3.06. The van der Waals surface area contributed by atoms with Crippen LogP contribution in [0.3, 0.4) is 0 Å². The summed E-state index contributed by atoms with van der Waals surface area (Å²) in [5.74, 6) is 0.752. The summed E-state index contributed by atoms with van der Waals surface area (Å²) in [4.78, 5) is 20.2. The predicted molar refractivity (Wildman–Crippen MR) is 115 cm³/mol. The second-order valence-electron chi connectivity index (χ2n) is 6.98. The summed E-state index contributed by atoms with van der Waals surface area (Å²) in [5, 5.41) is 3.18. The smallest absolute Gasteiger partial charge is 0.146 e. The second kappa shape index (κ2) is 10.5. The quantitative estimate of drug-likeness (QED) is 0.357. The molecule has 5 N–H and O–H groups in total. The fourth-order valence-electron chi connectivity index (χ4n) is 3.06. The van der Waals surface area contributed by atoms with E-state index in [1.807, 2.05) is 45.3 Å². The summed E-state index contributed by atoms with van der Waals surface area (Å²) in [6.45, 7) is 8.27. The minimum Gasteiger partial charge on any atom is -0.402 e. The van der Waals surface area contributed by atoms with Gasteiger partial charge >= 0.3 is 0 Å². The summed E-state index contributed by atoms with van der Waals surface area (Å²) < 4.78 is 0. The number of aromatic nitrogens is 1. The average molecular weight is 385 g/mol. The molecule has 2 rings (SSSR count). The summed E-state index contributed by atoms with van der Waals surface area (Å²) in [5.41, 5.74) is 16.1. The Morgan fingerprint density at radius 2 is 1.96 bits per heavy atom. The summed E-state index contributed by atoms with van der Waals surface area (Å²) in [6.07, 6.45) is 9.01. The predicted octanol–water partition coefficient (Wildman–Crippen LogP) is 1.90. The molecule has 0 aromatic carbocycles. The molecule has 0 unspecified atom stereocenters. The Labute approximate surface area is 167 Å². The van der Waals surface area contributed by atoms with Crippen molar-refractivity contribution in [2.75, 3.05) is 38.5 Å². The zero-order chi connectivity index (χ0) is 20.5. The first-order chi connectivity index (χ1) is 13.5. The molecule has 1 aromatic heterocycles. The van der Waals surface area contributed by atoms with Gasteiger partial charge in [-0.05, 0) is 48.8 Å². The molecule has 1 aliphatic heterocycles. The standard InChI is InChI=1S/C21H32N6O/c1-4-17(15-28)11-20-19(24-3)12-18(13-25-20)14-26-7-9-27(10-8-26)21(23)6-5-16(2)22/h5-6,11-13,15,24H,4,7-10,14,22-23H2,1-3H3/b16-5-,17-11-,21-6+. The van der Waals surface area contributed by atoms with E-state index in [2.05, 4.69) is 26.2 Å². The monoisotopic (exact) mass is 384 g/mol. The summed E-state index contributed by atoms with van der Waals surface area (Å²) in [6, 6.07) is 2.10. The third kappa shape index (κ3) is 6.13.